The maximum atomic E-state index is 12.8. The van der Waals surface area contributed by atoms with Crippen molar-refractivity contribution in [1.82, 2.24) is 5.32 Å². The molecule has 0 radical (unpaired) electrons. The van der Waals surface area contributed by atoms with E-state index in [4.69, 9.17) is 4.74 Å². The number of aryl methyl sites for hydroxylation is 1. The molecular weight excluding hydrogens is 388 g/mol. The molecule has 1 aromatic carbocycles. The van der Waals surface area contributed by atoms with Crippen molar-refractivity contribution >= 4 is 34.8 Å². The molecule has 7 heteroatoms. The van der Waals surface area contributed by atoms with Crippen molar-refractivity contribution in [2.45, 2.75) is 33.2 Å². The molecule has 0 bridgehead atoms. The fourth-order valence-corrected chi connectivity index (χ4v) is 4.23. The number of rotatable bonds is 7. The van der Waals surface area contributed by atoms with Crippen LogP contribution in [0.1, 0.15) is 36.8 Å². The molecular formula is C22H26N2O4S. The van der Waals surface area contributed by atoms with Gasteiger partial charge in [-0.3, -0.25) is 14.4 Å². The Morgan fingerprint density at radius 1 is 1.24 bits per heavy atom. The molecule has 29 heavy (non-hydrogen) atoms. The second-order valence-corrected chi connectivity index (χ2v) is 8.66. The van der Waals surface area contributed by atoms with E-state index in [0.29, 0.717) is 12.5 Å². The van der Waals surface area contributed by atoms with Gasteiger partial charge in [0, 0.05) is 23.5 Å². The largest absolute Gasteiger partial charge is 0.455 e. The number of amides is 2. The molecule has 2 amide bonds. The highest BCUT2D eigenvalue weighted by molar-refractivity contribution is 7.10. The zero-order valence-electron chi connectivity index (χ0n) is 16.9. The monoisotopic (exact) mass is 414 g/mol. The summed E-state index contributed by atoms with van der Waals surface area (Å²) >= 11 is 1.50. The van der Waals surface area contributed by atoms with E-state index >= 15 is 0 Å². The van der Waals surface area contributed by atoms with E-state index in [1.807, 2.05) is 62.5 Å². The normalized spacial score (nSPS) is 18.9. The highest BCUT2D eigenvalue weighted by Crippen LogP contribution is 2.43. The van der Waals surface area contributed by atoms with Crippen LogP contribution < -0.4 is 10.2 Å². The maximum absolute atomic E-state index is 12.8. The lowest BCUT2D eigenvalue weighted by atomic mass is 9.99. The number of carbonyl (C=O) groups excluding carboxylic acids is 3. The third kappa shape index (κ3) is 5.03. The molecule has 0 aliphatic carbocycles. The second-order valence-electron chi connectivity index (χ2n) is 7.68. The summed E-state index contributed by atoms with van der Waals surface area (Å²) in [6.45, 7) is 6.15. The number of hydrogen-bond acceptors (Lipinski definition) is 5. The molecule has 2 aromatic rings. The SMILES string of the molecule is Cc1ccc(N2C(=O)C[C@@H](C(=O)OCC(=O)NCC(C)C)[C@@H]2c2cccs2)cc1. The zero-order chi connectivity index (χ0) is 21.0. The summed E-state index contributed by atoms with van der Waals surface area (Å²) < 4.78 is 5.27. The summed E-state index contributed by atoms with van der Waals surface area (Å²) in [6, 6.07) is 11.1. The minimum Gasteiger partial charge on any atom is -0.455 e. The van der Waals surface area contributed by atoms with E-state index in [0.717, 1.165) is 16.1 Å². The van der Waals surface area contributed by atoms with Gasteiger partial charge in [-0.1, -0.05) is 37.6 Å². The molecule has 1 fully saturated rings. The van der Waals surface area contributed by atoms with E-state index < -0.39 is 17.9 Å². The Hall–Kier alpha value is -2.67. The van der Waals surface area contributed by atoms with Gasteiger partial charge in [0.05, 0.1) is 12.0 Å². The molecule has 2 heterocycles. The van der Waals surface area contributed by atoms with Gasteiger partial charge in [-0.05, 0) is 36.4 Å². The minimum absolute atomic E-state index is 0.0584. The minimum atomic E-state index is -0.652. The second kappa shape index (κ2) is 9.22. The average Bonchev–Trinajstić information content (AvgIpc) is 3.32. The summed E-state index contributed by atoms with van der Waals surface area (Å²) in [7, 11) is 0. The molecule has 2 atom stereocenters. The van der Waals surface area contributed by atoms with Crippen molar-refractivity contribution in [2.24, 2.45) is 11.8 Å². The van der Waals surface area contributed by atoms with Gasteiger partial charge in [-0.25, -0.2) is 0 Å². The van der Waals surface area contributed by atoms with Crippen LogP contribution in [0.4, 0.5) is 5.69 Å². The van der Waals surface area contributed by atoms with Crippen LogP contribution in [0.5, 0.6) is 0 Å². The number of benzene rings is 1. The molecule has 0 unspecified atom stereocenters. The van der Waals surface area contributed by atoms with Gasteiger partial charge in [-0.2, -0.15) is 0 Å². The van der Waals surface area contributed by atoms with Crippen molar-refractivity contribution in [1.29, 1.82) is 0 Å². The molecule has 0 saturated carbocycles. The first kappa shape index (κ1) is 21.0. The van der Waals surface area contributed by atoms with E-state index in [2.05, 4.69) is 5.32 Å². The third-order valence-corrected chi connectivity index (χ3v) is 5.77. The lowest BCUT2D eigenvalue weighted by molar-refractivity contribution is -0.153. The highest BCUT2D eigenvalue weighted by atomic mass is 32.1. The lowest BCUT2D eigenvalue weighted by Gasteiger charge is -2.27. The van der Waals surface area contributed by atoms with Crippen molar-refractivity contribution < 1.29 is 19.1 Å². The first-order chi connectivity index (χ1) is 13.9. The zero-order valence-corrected chi connectivity index (χ0v) is 17.7. The van der Waals surface area contributed by atoms with Gasteiger partial charge in [0.25, 0.3) is 5.91 Å². The number of nitrogens with one attached hydrogen (secondary N) is 1. The van der Waals surface area contributed by atoms with Crippen LogP contribution in [0, 0.1) is 18.8 Å². The molecule has 154 valence electrons. The Balaban J connectivity index is 1.77. The number of anilines is 1. The molecule has 3 rings (SSSR count). The number of hydrogen-bond donors (Lipinski definition) is 1. The fraction of sp³-hybridized carbons (Fsp3) is 0.409. The number of nitrogens with zero attached hydrogens (tertiary/aromatic N) is 1. The molecule has 6 nitrogen and oxygen atoms in total. The molecule has 1 aliphatic heterocycles. The van der Waals surface area contributed by atoms with E-state index in [9.17, 15) is 14.4 Å². The molecule has 1 N–H and O–H groups in total. The third-order valence-electron chi connectivity index (χ3n) is 4.83. The van der Waals surface area contributed by atoms with Crippen LogP contribution in [0.15, 0.2) is 41.8 Å². The quantitative estimate of drug-likeness (QED) is 0.704. The van der Waals surface area contributed by atoms with Gasteiger partial charge < -0.3 is 15.0 Å². The average molecular weight is 415 g/mol. The standard InChI is InChI=1S/C22H26N2O4S/c1-14(2)12-23-19(25)13-28-22(27)17-11-20(26)24(16-8-6-15(3)7-9-16)21(17)18-5-4-10-29-18/h4-10,14,17,21H,11-13H2,1-3H3,(H,23,25)/t17-,21-/m1/s1. The lowest BCUT2D eigenvalue weighted by Crippen LogP contribution is -2.34. The molecule has 1 aliphatic rings. The summed E-state index contributed by atoms with van der Waals surface area (Å²) in [4.78, 5) is 40.1. The van der Waals surface area contributed by atoms with Gasteiger partial charge in [0.2, 0.25) is 5.91 Å². The van der Waals surface area contributed by atoms with Crippen LogP contribution in [0.3, 0.4) is 0 Å². The Morgan fingerprint density at radius 2 is 1.97 bits per heavy atom. The van der Waals surface area contributed by atoms with E-state index in [1.165, 1.54) is 11.3 Å². The van der Waals surface area contributed by atoms with Crippen molar-refractivity contribution in [3.05, 3.63) is 52.2 Å². The Bertz CT molecular complexity index is 861. The van der Waals surface area contributed by atoms with E-state index in [-0.39, 0.29) is 24.8 Å². The van der Waals surface area contributed by atoms with Crippen LogP contribution in [-0.2, 0) is 19.1 Å². The summed E-state index contributed by atoms with van der Waals surface area (Å²) in [6.07, 6.45) is 0.0584. The van der Waals surface area contributed by atoms with Crippen molar-refractivity contribution in [3.63, 3.8) is 0 Å². The van der Waals surface area contributed by atoms with Crippen LogP contribution >= 0.6 is 11.3 Å². The highest BCUT2D eigenvalue weighted by Gasteiger charge is 2.46. The number of carbonyl (C=O) groups is 3. The van der Waals surface area contributed by atoms with Gasteiger partial charge in [0.15, 0.2) is 6.61 Å². The first-order valence-corrected chi connectivity index (χ1v) is 10.6. The van der Waals surface area contributed by atoms with Gasteiger partial charge >= 0.3 is 5.97 Å². The fourth-order valence-electron chi connectivity index (χ4n) is 3.35. The predicted octanol–water partition coefficient (Wildman–Crippen LogP) is 3.47. The van der Waals surface area contributed by atoms with Crippen LogP contribution in [0.2, 0.25) is 0 Å². The summed E-state index contributed by atoms with van der Waals surface area (Å²) in [5.41, 5.74) is 1.85. The number of thiophene rings is 1. The molecule has 1 saturated heterocycles. The number of ether oxygens (including phenoxy) is 1. The maximum Gasteiger partial charge on any atom is 0.312 e. The Morgan fingerprint density at radius 3 is 2.59 bits per heavy atom. The van der Waals surface area contributed by atoms with Gasteiger partial charge in [-0.15, -0.1) is 11.3 Å². The van der Waals surface area contributed by atoms with Crippen LogP contribution in [-0.4, -0.2) is 30.9 Å². The van der Waals surface area contributed by atoms with Crippen molar-refractivity contribution in [3.8, 4) is 0 Å². The van der Waals surface area contributed by atoms with E-state index in [1.54, 1.807) is 4.90 Å². The smallest absolute Gasteiger partial charge is 0.312 e. The number of esters is 1. The van der Waals surface area contributed by atoms with Crippen molar-refractivity contribution in [2.75, 3.05) is 18.1 Å². The molecule has 1 aromatic heterocycles. The summed E-state index contributed by atoms with van der Waals surface area (Å²) in [5, 5.41) is 4.65. The molecule has 0 spiro atoms. The first-order valence-electron chi connectivity index (χ1n) is 9.72. The Labute approximate surface area is 174 Å². The Kier molecular flexibility index (Phi) is 6.69. The summed E-state index contributed by atoms with van der Waals surface area (Å²) in [5.74, 6) is -1.32. The predicted molar refractivity (Wildman–Crippen MR) is 113 cm³/mol. The van der Waals surface area contributed by atoms with Gasteiger partial charge in [0.1, 0.15) is 0 Å². The van der Waals surface area contributed by atoms with Crippen LogP contribution in [0.25, 0.3) is 0 Å². The topological polar surface area (TPSA) is 75.7 Å².